The summed E-state index contributed by atoms with van der Waals surface area (Å²) in [5, 5.41) is 0.763. The van der Waals surface area contributed by atoms with E-state index in [-0.39, 0.29) is 5.91 Å². The van der Waals surface area contributed by atoms with Crippen LogP contribution >= 0.6 is 34.5 Å². The number of hydrogen-bond donors (Lipinski definition) is 0. The van der Waals surface area contributed by atoms with Gasteiger partial charge in [0, 0.05) is 12.6 Å². The van der Waals surface area contributed by atoms with Gasteiger partial charge in [0.05, 0.1) is 20.3 Å². The molecule has 1 amide bonds. The van der Waals surface area contributed by atoms with Gasteiger partial charge in [-0.25, -0.2) is 0 Å². The number of halogens is 2. The normalized spacial score (nSPS) is 12.0. The fourth-order valence-corrected chi connectivity index (χ4v) is 3.28. The first-order chi connectivity index (χ1) is 10.1. The van der Waals surface area contributed by atoms with Gasteiger partial charge in [-0.2, -0.15) is 4.99 Å². The molecule has 6 heteroatoms. The fourth-order valence-electron chi connectivity index (χ4n) is 1.97. The Hall–Kier alpha value is -1.62. The smallest absolute Gasteiger partial charge is 0.279 e. The number of aryl methyl sites for hydroxylation is 1. The second-order valence-corrected chi connectivity index (χ2v) is 6.28. The minimum Gasteiger partial charge on any atom is -0.319 e. The van der Waals surface area contributed by atoms with Gasteiger partial charge >= 0.3 is 0 Å². The number of thiazole rings is 1. The van der Waals surface area contributed by atoms with E-state index in [1.165, 1.54) is 17.4 Å². The van der Waals surface area contributed by atoms with Gasteiger partial charge in [-0.1, -0.05) is 46.7 Å². The van der Waals surface area contributed by atoms with Crippen molar-refractivity contribution in [1.82, 2.24) is 4.57 Å². The third-order valence-electron chi connectivity index (χ3n) is 3.08. The molecular weight excluding hydrogens is 327 g/mol. The topological polar surface area (TPSA) is 34.4 Å². The lowest BCUT2D eigenvalue weighted by molar-refractivity contribution is 0.0998. The fraction of sp³-hybridized carbons (Fsp3) is 0.0667. The molecule has 106 valence electrons. The summed E-state index contributed by atoms with van der Waals surface area (Å²) in [5.41, 5.74) is 1.46. The molecule has 0 unspecified atom stereocenters. The third kappa shape index (κ3) is 2.75. The van der Waals surface area contributed by atoms with Crippen LogP contribution in [0.25, 0.3) is 10.2 Å². The lowest BCUT2D eigenvalue weighted by atomic mass is 10.2. The van der Waals surface area contributed by atoms with Gasteiger partial charge in [-0.3, -0.25) is 4.79 Å². The van der Waals surface area contributed by atoms with E-state index < -0.39 is 0 Å². The first-order valence-electron chi connectivity index (χ1n) is 6.15. The Bertz CT molecular complexity index is 911. The molecule has 0 atom stereocenters. The van der Waals surface area contributed by atoms with Crippen LogP contribution < -0.4 is 4.80 Å². The molecule has 0 radical (unpaired) electrons. The van der Waals surface area contributed by atoms with Crippen LogP contribution in [-0.2, 0) is 7.05 Å². The molecular formula is C15H10Cl2N2OS. The summed E-state index contributed by atoms with van der Waals surface area (Å²) in [4.78, 5) is 17.1. The van der Waals surface area contributed by atoms with E-state index in [1.54, 1.807) is 12.1 Å². The maximum absolute atomic E-state index is 12.2. The van der Waals surface area contributed by atoms with Gasteiger partial charge in [0.15, 0.2) is 4.80 Å². The number of fused-ring (bicyclic) bond motifs is 1. The second-order valence-electron chi connectivity index (χ2n) is 4.46. The van der Waals surface area contributed by atoms with Crippen LogP contribution in [0.5, 0.6) is 0 Å². The highest BCUT2D eigenvalue weighted by Crippen LogP contribution is 2.23. The van der Waals surface area contributed by atoms with Crippen molar-refractivity contribution in [2.45, 2.75) is 0 Å². The Labute approximate surface area is 135 Å². The summed E-state index contributed by atoms with van der Waals surface area (Å²) in [6.07, 6.45) is 0. The molecule has 2 aromatic carbocycles. The van der Waals surface area contributed by atoms with Crippen LogP contribution in [0.2, 0.25) is 10.0 Å². The van der Waals surface area contributed by atoms with Crippen molar-refractivity contribution in [3.05, 3.63) is 62.9 Å². The number of carbonyl (C=O) groups excluding carboxylic acids is 1. The molecule has 21 heavy (non-hydrogen) atoms. The van der Waals surface area contributed by atoms with Crippen molar-refractivity contribution < 1.29 is 4.79 Å². The van der Waals surface area contributed by atoms with Gasteiger partial charge in [-0.15, -0.1) is 0 Å². The quantitative estimate of drug-likeness (QED) is 0.652. The minimum absolute atomic E-state index is 0.337. The maximum Gasteiger partial charge on any atom is 0.279 e. The molecule has 0 aliphatic rings. The van der Waals surface area contributed by atoms with Crippen LogP contribution in [0, 0.1) is 0 Å². The number of para-hydroxylation sites is 1. The SMILES string of the molecule is Cn1c(=NC(=O)c2ccc(Cl)c(Cl)c2)sc2ccccc21. The van der Waals surface area contributed by atoms with Crippen molar-refractivity contribution in [2.75, 3.05) is 0 Å². The minimum atomic E-state index is -0.337. The molecule has 0 saturated heterocycles. The molecule has 0 fully saturated rings. The van der Waals surface area contributed by atoms with E-state index in [9.17, 15) is 4.79 Å². The Morgan fingerprint density at radius 1 is 1.14 bits per heavy atom. The number of nitrogens with zero attached hydrogens (tertiary/aromatic N) is 2. The molecule has 0 spiro atoms. The molecule has 3 rings (SSSR count). The summed E-state index contributed by atoms with van der Waals surface area (Å²) < 4.78 is 2.98. The van der Waals surface area contributed by atoms with Gasteiger partial charge in [-0.05, 0) is 30.3 Å². The molecule has 3 aromatic rings. The predicted octanol–water partition coefficient (Wildman–Crippen LogP) is 4.29. The zero-order valence-corrected chi connectivity index (χ0v) is 13.3. The van der Waals surface area contributed by atoms with Crippen LogP contribution in [0.1, 0.15) is 10.4 Å². The van der Waals surface area contributed by atoms with E-state index in [2.05, 4.69) is 4.99 Å². The lowest BCUT2D eigenvalue weighted by Crippen LogP contribution is -2.13. The molecule has 0 N–H and O–H groups in total. The Morgan fingerprint density at radius 3 is 2.62 bits per heavy atom. The second kappa shape index (κ2) is 5.64. The van der Waals surface area contributed by atoms with Crippen molar-refractivity contribution in [2.24, 2.45) is 12.0 Å². The summed E-state index contributed by atoms with van der Waals surface area (Å²) in [7, 11) is 1.89. The number of hydrogen-bond acceptors (Lipinski definition) is 2. The molecule has 1 aromatic heterocycles. The van der Waals surface area contributed by atoms with E-state index >= 15 is 0 Å². The highest BCUT2D eigenvalue weighted by Gasteiger charge is 2.08. The summed E-state index contributed by atoms with van der Waals surface area (Å²) in [5.74, 6) is -0.337. The number of aromatic nitrogens is 1. The van der Waals surface area contributed by atoms with Crippen LogP contribution in [0.15, 0.2) is 47.5 Å². The average Bonchev–Trinajstić information content (AvgIpc) is 2.79. The molecule has 1 heterocycles. The monoisotopic (exact) mass is 336 g/mol. The standard InChI is InChI=1S/C15H10Cl2N2OS/c1-19-12-4-2-3-5-13(12)21-15(19)18-14(20)9-6-7-10(16)11(17)8-9/h2-8H,1H3. The predicted molar refractivity (Wildman–Crippen MR) is 87.2 cm³/mol. The van der Waals surface area contributed by atoms with Gasteiger partial charge in [0.2, 0.25) is 0 Å². The largest absolute Gasteiger partial charge is 0.319 e. The van der Waals surface area contributed by atoms with Crippen LogP contribution in [0.3, 0.4) is 0 Å². The molecule has 0 bridgehead atoms. The maximum atomic E-state index is 12.2. The Kier molecular flexibility index (Phi) is 3.85. The number of rotatable bonds is 1. The van der Waals surface area contributed by atoms with Crippen LogP contribution in [0.4, 0.5) is 0 Å². The van der Waals surface area contributed by atoms with Crippen molar-refractivity contribution in [3.8, 4) is 0 Å². The van der Waals surface area contributed by atoms with Gasteiger partial charge in [0.25, 0.3) is 5.91 Å². The lowest BCUT2D eigenvalue weighted by Gasteiger charge is -1.98. The van der Waals surface area contributed by atoms with Gasteiger partial charge < -0.3 is 4.57 Å². The van der Waals surface area contributed by atoms with E-state index in [0.717, 1.165) is 10.2 Å². The van der Waals surface area contributed by atoms with E-state index in [4.69, 9.17) is 23.2 Å². The number of amides is 1. The Balaban J connectivity index is 2.09. The Morgan fingerprint density at radius 2 is 1.90 bits per heavy atom. The zero-order valence-electron chi connectivity index (χ0n) is 11.0. The molecule has 0 aliphatic heterocycles. The molecule has 0 saturated carbocycles. The van der Waals surface area contributed by atoms with Crippen LogP contribution in [-0.4, -0.2) is 10.5 Å². The average molecular weight is 337 g/mol. The van der Waals surface area contributed by atoms with Crippen molar-refractivity contribution in [3.63, 3.8) is 0 Å². The highest BCUT2D eigenvalue weighted by molar-refractivity contribution is 7.16. The highest BCUT2D eigenvalue weighted by atomic mass is 35.5. The summed E-state index contributed by atoms with van der Waals surface area (Å²) in [6.45, 7) is 0. The first kappa shape index (κ1) is 14.3. The number of benzene rings is 2. The van der Waals surface area contributed by atoms with E-state index in [1.807, 2.05) is 35.9 Å². The summed E-state index contributed by atoms with van der Waals surface area (Å²) >= 11 is 13.2. The van der Waals surface area contributed by atoms with Crippen molar-refractivity contribution in [1.29, 1.82) is 0 Å². The number of carbonyl (C=O) groups is 1. The van der Waals surface area contributed by atoms with Gasteiger partial charge in [0.1, 0.15) is 0 Å². The van der Waals surface area contributed by atoms with E-state index in [0.29, 0.717) is 20.4 Å². The molecule has 3 nitrogen and oxygen atoms in total. The molecule has 0 aliphatic carbocycles. The first-order valence-corrected chi connectivity index (χ1v) is 7.72. The third-order valence-corrected chi connectivity index (χ3v) is 4.93. The summed E-state index contributed by atoms with van der Waals surface area (Å²) in [6, 6.07) is 12.7. The zero-order chi connectivity index (χ0) is 15.0. The van der Waals surface area contributed by atoms with Crippen molar-refractivity contribution >= 4 is 50.7 Å².